The van der Waals surface area contributed by atoms with Crippen LogP contribution in [-0.4, -0.2) is 29.1 Å². The zero-order valence-corrected chi connectivity index (χ0v) is 12.9. The lowest BCUT2D eigenvalue weighted by Gasteiger charge is -2.25. The molecule has 0 aliphatic heterocycles. The average Bonchev–Trinajstić information content (AvgIpc) is 2.97. The second-order valence-corrected chi connectivity index (χ2v) is 5.72. The Balaban J connectivity index is 1.85. The summed E-state index contributed by atoms with van der Waals surface area (Å²) in [6, 6.07) is 7.63. The van der Waals surface area contributed by atoms with E-state index in [1.807, 2.05) is 31.2 Å². The van der Waals surface area contributed by atoms with Gasteiger partial charge in [0, 0.05) is 6.42 Å². The molecule has 1 saturated carbocycles. The molecule has 2 N–H and O–H groups in total. The number of carboxylic acid groups (broad SMARTS) is 1. The van der Waals surface area contributed by atoms with Gasteiger partial charge in [-0.2, -0.15) is 0 Å². The van der Waals surface area contributed by atoms with Crippen LogP contribution in [0, 0.1) is 0 Å². The van der Waals surface area contributed by atoms with E-state index >= 15 is 0 Å². The van der Waals surface area contributed by atoms with Gasteiger partial charge in [-0.25, -0.2) is 4.79 Å². The third kappa shape index (κ3) is 4.00. The second kappa shape index (κ2) is 7.29. The van der Waals surface area contributed by atoms with Crippen LogP contribution in [0.15, 0.2) is 24.3 Å². The summed E-state index contributed by atoms with van der Waals surface area (Å²) < 4.78 is 5.37. The number of benzene rings is 1. The van der Waals surface area contributed by atoms with E-state index in [2.05, 4.69) is 5.32 Å². The molecule has 5 nitrogen and oxygen atoms in total. The predicted octanol–water partition coefficient (Wildman–Crippen LogP) is 2.53. The summed E-state index contributed by atoms with van der Waals surface area (Å²) in [6.45, 7) is 2.55. The van der Waals surface area contributed by atoms with Crippen LogP contribution in [0.4, 0.5) is 0 Å². The van der Waals surface area contributed by atoms with Crippen molar-refractivity contribution in [2.24, 2.45) is 0 Å². The molecule has 0 atom stereocenters. The standard InChI is InChI=1S/C17H23NO4/c1-2-22-14-8-5-13(6-9-14)7-10-15(19)18-17(16(20)21)11-3-4-12-17/h5-6,8-9H,2-4,7,10-12H2,1H3,(H,18,19)(H,20,21). The van der Waals surface area contributed by atoms with Crippen molar-refractivity contribution < 1.29 is 19.4 Å². The second-order valence-electron chi connectivity index (χ2n) is 5.72. The monoisotopic (exact) mass is 305 g/mol. The first-order valence-corrected chi connectivity index (χ1v) is 7.82. The van der Waals surface area contributed by atoms with E-state index in [-0.39, 0.29) is 5.91 Å². The minimum absolute atomic E-state index is 0.196. The molecule has 1 aromatic rings. The summed E-state index contributed by atoms with van der Waals surface area (Å²) in [6.07, 6.45) is 3.64. The van der Waals surface area contributed by atoms with Crippen molar-refractivity contribution in [3.8, 4) is 5.75 Å². The van der Waals surface area contributed by atoms with Gasteiger partial charge in [-0.3, -0.25) is 4.79 Å². The Morgan fingerprint density at radius 3 is 2.41 bits per heavy atom. The van der Waals surface area contributed by atoms with E-state index in [4.69, 9.17) is 4.74 Å². The zero-order chi connectivity index (χ0) is 16.0. The summed E-state index contributed by atoms with van der Waals surface area (Å²) in [7, 11) is 0. The van der Waals surface area contributed by atoms with E-state index in [9.17, 15) is 14.7 Å². The minimum Gasteiger partial charge on any atom is -0.494 e. The number of hydrogen-bond acceptors (Lipinski definition) is 3. The fraction of sp³-hybridized carbons (Fsp3) is 0.529. The maximum absolute atomic E-state index is 12.1. The van der Waals surface area contributed by atoms with Gasteiger partial charge in [0.25, 0.3) is 0 Å². The first-order chi connectivity index (χ1) is 10.6. The predicted molar refractivity (Wildman–Crippen MR) is 82.9 cm³/mol. The lowest BCUT2D eigenvalue weighted by Crippen LogP contribution is -2.52. The van der Waals surface area contributed by atoms with Gasteiger partial charge in [-0.15, -0.1) is 0 Å². The smallest absolute Gasteiger partial charge is 0.329 e. The van der Waals surface area contributed by atoms with Crippen LogP contribution in [0.3, 0.4) is 0 Å². The van der Waals surface area contributed by atoms with Crippen molar-refractivity contribution in [1.82, 2.24) is 5.32 Å². The topological polar surface area (TPSA) is 75.6 Å². The molecule has 1 aliphatic rings. The highest BCUT2D eigenvalue weighted by atomic mass is 16.5. The molecule has 0 bridgehead atoms. The molecule has 1 fully saturated rings. The van der Waals surface area contributed by atoms with Gasteiger partial charge in [-0.1, -0.05) is 25.0 Å². The van der Waals surface area contributed by atoms with Crippen molar-refractivity contribution in [3.63, 3.8) is 0 Å². The molecule has 1 amide bonds. The Hall–Kier alpha value is -2.04. The fourth-order valence-corrected chi connectivity index (χ4v) is 2.88. The fourth-order valence-electron chi connectivity index (χ4n) is 2.88. The van der Waals surface area contributed by atoms with Crippen LogP contribution in [0.25, 0.3) is 0 Å². The summed E-state index contributed by atoms with van der Waals surface area (Å²) in [4.78, 5) is 23.5. The number of aliphatic carboxylic acids is 1. The number of rotatable bonds is 7. The summed E-state index contributed by atoms with van der Waals surface area (Å²) in [5.74, 6) is -0.302. The SMILES string of the molecule is CCOc1ccc(CCC(=O)NC2(C(=O)O)CCCC2)cc1. The average molecular weight is 305 g/mol. The molecule has 0 saturated heterocycles. The molecule has 1 aromatic carbocycles. The normalized spacial score (nSPS) is 16.2. The Labute approximate surface area is 130 Å². The first kappa shape index (κ1) is 16.3. The Morgan fingerprint density at radius 2 is 1.86 bits per heavy atom. The molecule has 0 unspecified atom stereocenters. The largest absolute Gasteiger partial charge is 0.494 e. The molecule has 0 heterocycles. The number of amides is 1. The third-order valence-corrected chi connectivity index (χ3v) is 4.12. The van der Waals surface area contributed by atoms with Gasteiger partial charge in [0.05, 0.1) is 6.61 Å². The molecule has 2 rings (SSSR count). The summed E-state index contributed by atoms with van der Waals surface area (Å²) >= 11 is 0. The number of carboxylic acids is 1. The lowest BCUT2D eigenvalue weighted by molar-refractivity contribution is -0.147. The van der Waals surface area contributed by atoms with E-state index < -0.39 is 11.5 Å². The summed E-state index contributed by atoms with van der Waals surface area (Å²) in [5.41, 5.74) is -0.00925. The van der Waals surface area contributed by atoms with E-state index in [0.29, 0.717) is 32.3 Å². The van der Waals surface area contributed by atoms with Crippen LogP contribution >= 0.6 is 0 Å². The van der Waals surface area contributed by atoms with E-state index in [1.165, 1.54) is 0 Å². The maximum atomic E-state index is 12.1. The number of carbonyl (C=O) groups is 2. The minimum atomic E-state index is -1.05. The maximum Gasteiger partial charge on any atom is 0.329 e. The molecule has 5 heteroatoms. The van der Waals surface area contributed by atoms with Crippen LogP contribution in [0.2, 0.25) is 0 Å². The van der Waals surface area contributed by atoms with Crippen LogP contribution in [-0.2, 0) is 16.0 Å². The van der Waals surface area contributed by atoms with E-state index in [0.717, 1.165) is 24.2 Å². The number of aryl methyl sites for hydroxylation is 1. The first-order valence-electron chi connectivity index (χ1n) is 7.82. The van der Waals surface area contributed by atoms with Crippen molar-refractivity contribution >= 4 is 11.9 Å². The third-order valence-electron chi connectivity index (χ3n) is 4.12. The molecule has 0 spiro atoms. The molecule has 22 heavy (non-hydrogen) atoms. The highest BCUT2D eigenvalue weighted by molar-refractivity contribution is 5.87. The van der Waals surface area contributed by atoms with Gasteiger partial charge in [0.1, 0.15) is 11.3 Å². The zero-order valence-electron chi connectivity index (χ0n) is 12.9. The van der Waals surface area contributed by atoms with Crippen molar-refractivity contribution in [2.75, 3.05) is 6.61 Å². The van der Waals surface area contributed by atoms with Crippen LogP contribution < -0.4 is 10.1 Å². The molecule has 0 radical (unpaired) electrons. The van der Waals surface area contributed by atoms with Gasteiger partial charge in [0.2, 0.25) is 5.91 Å². The molecular formula is C17H23NO4. The summed E-state index contributed by atoms with van der Waals surface area (Å²) in [5, 5.41) is 12.1. The van der Waals surface area contributed by atoms with Gasteiger partial charge in [0.15, 0.2) is 0 Å². The molecule has 0 aromatic heterocycles. The van der Waals surface area contributed by atoms with Gasteiger partial charge in [-0.05, 0) is 43.9 Å². The number of hydrogen-bond donors (Lipinski definition) is 2. The Bertz CT molecular complexity index is 518. The highest BCUT2D eigenvalue weighted by Crippen LogP contribution is 2.30. The lowest BCUT2D eigenvalue weighted by atomic mass is 9.97. The van der Waals surface area contributed by atoms with Crippen molar-refractivity contribution in [1.29, 1.82) is 0 Å². The van der Waals surface area contributed by atoms with Crippen LogP contribution in [0.5, 0.6) is 5.75 Å². The van der Waals surface area contributed by atoms with Gasteiger partial charge >= 0.3 is 5.97 Å². The number of carbonyl (C=O) groups excluding carboxylic acids is 1. The molecule has 120 valence electrons. The molecular weight excluding hydrogens is 282 g/mol. The Kier molecular flexibility index (Phi) is 5.41. The Morgan fingerprint density at radius 1 is 1.23 bits per heavy atom. The number of nitrogens with one attached hydrogen (secondary N) is 1. The van der Waals surface area contributed by atoms with Gasteiger partial charge < -0.3 is 15.2 Å². The van der Waals surface area contributed by atoms with Crippen LogP contribution in [0.1, 0.15) is 44.6 Å². The highest BCUT2D eigenvalue weighted by Gasteiger charge is 2.42. The molecule has 1 aliphatic carbocycles. The quantitative estimate of drug-likeness (QED) is 0.811. The number of ether oxygens (including phenoxy) is 1. The van der Waals surface area contributed by atoms with E-state index in [1.54, 1.807) is 0 Å². The van der Waals surface area contributed by atoms with Crippen molar-refractivity contribution in [2.45, 2.75) is 51.0 Å². The van der Waals surface area contributed by atoms with Crippen molar-refractivity contribution in [3.05, 3.63) is 29.8 Å².